The Bertz CT molecular complexity index is 643. The van der Waals surface area contributed by atoms with Crippen LogP contribution in [0.3, 0.4) is 0 Å². The molecule has 6 heteroatoms. The molecule has 0 bridgehead atoms. The maximum Gasteiger partial charge on any atom is 0.244 e. The summed E-state index contributed by atoms with van der Waals surface area (Å²) in [5.41, 5.74) is 2.72. The molecule has 0 unspecified atom stereocenters. The van der Waals surface area contributed by atoms with E-state index >= 15 is 0 Å². The Morgan fingerprint density at radius 2 is 2.00 bits per heavy atom. The van der Waals surface area contributed by atoms with Crippen LogP contribution >= 0.6 is 23.4 Å². The minimum absolute atomic E-state index is 0.503. The van der Waals surface area contributed by atoms with Crippen molar-refractivity contribution in [2.45, 2.75) is 5.03 Å². The van der Waals surface area contributed by atoms with Crippen LogP contribution in [0.1, 0.15) is 5.56 Å². The fourth-order valence-electron chi connectivity index (χ4n) is 1.79. The predicted octanol–water partition coefficient (Wildman–Crippen LogP) is 3.37. The van der Waals surface area contributed by atoms with E-state index in [0.29, 0.717) is 16.6 Å². The van der Waals surface area contributed by atoms with Gasteiger partial charge in [0.25, 0.3) is 0 Å². The molecule has 1 aromatic carbocycles. The van der Waals surface area contributed by atoms with E-state index in [-0.39, 0.29) is 0 Å². The molecule has 2 heterocycles. The molecule has 0 spiro atoms. The number of thioether (sulfide) groups is 1. The van der Waals surface area contributed by atoms with Gasteiger partial charge in [0.15, 0.2) is 5.69 Å². The van der Waals surface area contributed by atoms with Gasteiger partial charge in [-0.2, -0.15) is 4.98 Å². The van der Waals surface area contributed by atoms with Gasteiger partial charge >= 0.3 is 0 Å². The maximum absolute atomic E-state index is 5.89. The van der Waals surface area contributed by atoms with Crippen LogP contribution in [0.2, 0.25) is 5.02 Å². The number of fused-ring (bicyclic) bond motifs is 1. The summed E-state index contributed by atoms with van der Waals surface area (Å²) < 4.78 is 5.22. The lowest BCUT2D eigenvalue weighted by molar-refractivity contribution is 0.396. The first kappa shape index (κ1) is 12.4. The largest absolute Gasteiger partial charge is 0.479 e. The van der Waals surface area contributed by atoms with Crippen molar-refractivity contribution in [3.05, 3.63) is 41.2 Å². The van der Waals surface area contributed by atoms with Gasteiger partial charge in [0, 0.05) is 10.8 Å². The normalized spacial score (nSPS) is 13.7. The van der Waals surface area contributed by atoms with Gasteiger partial charge in [0.05, 0.1) is 12.8 Å². The average molecular weight is 292 g/mol. The van der Waals surface area contributed by atoms with Crippen LogP contribution in [-0.2, 0) is 0 Å². The van der Waals surface area contributed by atoms with Crippen LogP contribution in [-0.4, -0.2) is 28.5 Å². The first-order valence-corrected chi connectivity index (χ1v) is 6.99. The van der Waals surface area contributed by atoms with Crippen molar-refractivity contribution in [3.8, 4) is 5.88 Å². The van der Waals surface area contributed by atoms with E-state index in [1.165, 1.54) is 6.33 Å². The highest BCUT2D eigenvalue weighted by Crippen LogP contribution is 2.38. The van der Waals surface area contributed by atoms with E-state index in [2.05, 4.69) is 15.0 Å². The molecule has 0 amide bonds. The molecule has 0 N–H and O–H groups in total. The Kier molecular flexibility index (Phi) is 3.40. The van der Waals surface area contributed by atoms with Crippen LogP contribution < -0.4 is 4.74 Å². The first-order valence-electron chi connectivity index (χ1n) is 5.63. The van der Waals surface area contributed by atoms with Crippen molar-refractivity contribution in [3.63, 3.8) is 0 Å². The second-order valence-electron chi connectivity index (χ2n) is 3.89. The number of methoxy groups -OCH3 is 1. The Morgan fingerprint density at radius 3 is 2.74 bits per heavy atom. The lowest BCUT2D eigenvalue weighted by Crippen LogP contribution is -2.09. The van der Waals surface area contributed by atoms with Crippen molar-refractivity contribution in [1.29, 1.82) is 0 Å². The second kappa shape index (κ2) is 5.19. The molecule has 4 nitrogen and oxygen atoms in total. The standard InChI is InChI=1S/C13H10ClN3OS/c1-18-12-11-13(16-7-15-12)19-6-10(17-11)8-2-4-9(14)5-3-8/h2-5,7H,6H2,1H3. The number of benzene rings is 1. The molecule has 0 aliphatic carbocycles. The number of hydrogen-bond donors (Lipinski definition) is 0. The number of rotatable bonds is 2. The van der Waals surface area contributed by atoms with Gasteiger partial charge < -0.3 is 4.74 Å². The molecule has 0 atom stereocenters. The summed E-state index contributed by atoms with van der Waals surface area (Å²) in [6, 6.07) is 7.64. The van der Waals surface area contributed by atoms with E-state index in [9.17, 15) is 0 Å². The second-order valence-corrected chi connectivity index (χ2v) is 5.29. The topological polar surface area (TPSA) is 47.4 Å². The van der Waals surface area contributed by atoms with Gasteiger partial charge in [-0.3, -0.25) is 0 Å². The van der Waals surface area contributed by atoms with Crippen LogP contribution in [0.25, 0.3) is 0 Å². The molecule has 0 saturated carbocycles. The summed E-state index contributed by atoms with van der Waals surface area (Å²) >= 11 is 7.52. The first-order chi connectivity index (χ1) is 9.28. The summed E-state index contributed by atoms with van der Waals surface area (Å²) in [4.78, 5) is 12.9. The monoisotopic (exact) mass is 291 g/mol. The molecule has 1 aliphatic heterocycles. The smallest absolute Gasteiger partial charge is 0.244 e. The van der Waals surface area contributed by atoms with Crippen LogP contribution in [0.5, 0.6) is 5.88 Å². The zero-order valence-electron chi connectivity index (χ0n) is 10.1. The molecule has 0 saturated heterocycles. The number of nitrogens with zero attached hydrogens (tertiary/aromatic N) is 3. The van der Waals surface area contributed by atoms with Crippen molar-refractivity contribution >= 4 is 34.8 Å². The molecule has 19 heavy (non-hydrogen) atoms. The SMILES string of the molecule is COc1ncnc2c1N=C(c1ccc(Cl)cc1)CS2. The number of hydrogen-bond acceptors (Lipinski definition) is 5. The van der Waals surface area contributed by atoms with Crippen LogP contribution in [0.15, 0.2) is 40.6 Å². The minimum atomic E-state index is 0.503. The number of aromatic nitrogens is 2. The fourth-order valence-corrected chi connectivity index (χ4v) is 2.81. The number of halogens is 1. The average Bonchev–Trinajstić information content (AvgIpc) is 2.47. The molecule has 1 aromatic heterocycles. The molecular formula is C13H10ClN3OS. The summed E-state index contributed by atoms with van der Waals surface area (Å²) in [5, 5.41) is 1.57. The third kappa shape index (κ3) is 2.43. The van der Waals surface area contributed by atoms with E-state index in [4.69, 9.17) is 16.3 Å². The predicted molar refractivity (Wildman–Crippen MR) is 77.0 cm³/mol. The Hall–Kier alpha value is -1.59. The third-order valence-corrected chi connectivity index (χ3v) is 3.96. The van der Waals surface area contributed by atoms with E-state index in [0.717, 1.165) is 22.1 Å². The highest BCUT2D eigenvalue weighted by Gasteiger charge is 2.19. The van der Waals surface area contributed by atoms with Gasteiger partial charge in [-0.15, -0.1) is 0 Å². The number of aliphatic imine (C=N–C) groups is 1. The molecule has 0 fully saturated rings. The molecule has 2 aromatic rings. The molecule has 0 radical (unpaired) electrons. The summed E-state index contributed by atoms with van der Waals surface area (Å²) in [6.07, 6.45) is 1.49. The van der Waals surface area contributed by atoms with Crippen LogP contribution in [0, 0.1) is 0 Å². The Morgan fingerprint density at radius 1 is 1.21 bits per heavy atom. The lowest BCUT2D eigenvalue weighted by atomic mass is 10.1. The van der Waals surface area contributed by atoms with Crippen LogP contribution in [0.4, 0.5) is 5.69 Å². The van der Waals surface area contributed by atoms with Gasteiger partial charge in [-0.1, -0.05) is 35.5 Å². The van der Waals surface area contributed by atoms with Crippen molar-refractivity contribution in [2.75, 3.05) is 12.9 Å². The van der Waals surface area contributed by atoms with E-state index in [1.807, 2.05) is 24.3 Å². The quantitative estimate of drug-likeness (QED) is 0.796. The summed E-state index contributed by atoms with van der Waals surface area (Å²) in [7, 11) is 1.58. The molecule has 3 rings (SSSR count). The molecule has 1 aliphatic rings. The maximum atomic E-state index is 5.89. The van der Waals surface area contributed by atoms with Gasteiger partial charge in [0.1, 0.15) is 11.4 Å². The lowest BCUT2D eigenvalue weighted by Gasteiger charge is -2.15. The summed E-state index contributed by atoms with van der Waals surface area (Å²) in [6.45, 7) is 0. The molecule has 96 valence electrons. The van der Waals surface area contributed by atoms with Gasteiger partial charge in [-0.25, -0.2) is 9.98 Å². The van der Waals surface area contributed by atoms with Gasteiger partial charge in [-0.05, 0) is 17.7 Å². The van der Waals surface area contributed by atoms with Gasteiger partial charge in [0.2, 0.25) is 5.88 Å². The fraction of sp³-hybridized carbons (Fsp3) is 0.154. The highest BCUT2D eigenvalue weighted by atomic mass is 35.5. The third-order valence-electron chi connectivity index (χ3n) is 2.72. The Balaban J connectivity index is 2.05. The zero-order valence-corrected chi connectivity index (χ0v) is 11.7. The summed E-state index contributed by atoms with van der Waals surface area (Å²) in [5.74, 6) is 1.28. The number of ether oxygens (including phenoxy) is 1. The highest BCUT2D eigenvalue weighted by molar-refractivity contribution is 8.00. The van der Waals surface area contributed by atoms with E-state index < -0.39 is 0 Å². The van der Waals surface area contributed by atoms with Crippen molar-refractivity contribution in [1.82, 2.24) is 9.97 Å². The van der Waals surface area contributed by atoms with Crippen molar-refractivity contribution in [2.24, 2.45) is 4.99 Å². The minimum Gasteiger partial charge on any atom is -0.479 e. The Labute approximate surface area is 119 Å². The van der Waals surface area contributed by atoms with Crippen molar-refractivity contribution < 1.29 is 4.74 Å². The zero-order chi connectivity index (χ0) is 13.2. The van der Waals surface area contributed by atoms with E-state index in [1.54, 1.807) is 18.9 Å². The molecular weight excluding hydrogens is 282 g/mol.